The quantitative estimate of drug-likeness (QED) is 0.620. The standard InChI is InChI=1S/C22H20F3NO3S/c1-26(30(28,29)20-10-6-3-7-11-20)19-14-12-18(13-15-19)21(27,22(23,24)25)16-17-8-4-2-5-9-17/h2-15,27H,16H2,1H3. The van der Waals surface area contributed by atoms with Crippen molar-refractivity contribution in [1.82, 2.24) is 0 Å². The van der Waals surface area contributed by atoms with Crippen LogP contribution in [-0.4, -0.2) is 26.7 Å². The van der Waals surface area contributed by atoms with Crippen molar-refractivity contribution in [3.63, 3.8) is 0 Å². The van der Waals surface area contributed by atoms with E-state index < -0.39 is 28.2 Å². The van der Waals surface area contributed by atoms with E-state index in [4.69, 9.17) is 0 Å². The molecule has 0 saturated carbocycles. The van der Waals surface area contributed by atoms with Crippen molar-refractivity contribution in [2.75, 3.05) is 11.4 Å². The van der Waals surface area contributed by atoms with Gasteiger partial charge in [-0.15, -0.1) is 0 Å². The Morgan fingerprint density at radius 3 is 1.83 bits per heavy atom. The Balaban J connectivity index is 1.94. The average Bonchev–Trinajstić information content (AvgIpc) is 2.74. The van der Waals surface area contributed by atoms with Gasteiger partial charge in [-0.05, 0) is 35.4 Å². The van der Waals surface area contributed by atoms with Gasteiger partial charge in [0.1, 0.15) is 0 Å². The molecule has 0 saturated heterocycles. The molecule has 0 aliphatic carbocycles. The van der Waals surface area contributed by atoms with Gasteiger partial charge >= 0.3 is 6.18 Å². The number of hydrogen-bond acceptors (Lipinski definition) is 3. The van der Waals surface area contributed by atoms with Gasteiger partial charge in [0.05, 0.1) is 10.6 Å². The van der Waals surface area contributed by atoms with Gasteiger partial charge in [0, 0.05) is 13.5 Å². The van der Waals surface area contributed by atoms with E-state index in [1.54, 1.807) is 36.4 Å². The van der Waals surface area contributed by atoms with Gasteiger partial charge in [-0.25, -0.2) is 8.42 Å². The first-order valence-corrected chi connectivity index (χ1v) is 10.5. The van der Waals surface area contributed by atoms with E-state index in [-0.39, 0.29) is 16.1 Å². The van der Waals surface area contributed by atoms with Crippen LogP contribution in [0.3, 0.4) is 0 Å². The molecule has 30 heavy (non-hydrogen) atoms. The highest BCUT2D eigenvalue weighted by Gasteiger charge is 2.54. The lowest BCUT2D eigenvalue weighted by molar-refractivity contribution is -0.266. The van der Waals surface area contributed by atoms with Crippen molar-refractivity contribution in [3.05, 3.63) is 96.1 Å². The van der Waals surface area contributed by atoms with Crippen LogP contribution in [0.5, 0.6) is 0 Å². The predicted octanol–water partition coefficient (Wildman–Crippen LogP) is 4.50. The van der Waals surface area contributed by atoms with Gasteiger partial charge < -0.3 is 5.11 Å². The third-order valence-corrected chi connectivity index (χ3v) is 6.68. The minimum Gasteiger partial charge on any atom is -0.376 e. The normalized spacial score (nSPS) is 14.2. The topological polar surface area (TPSA) is 57.6 Å². The SMILES string of the molecule is CN(c1ccc(C(O)(Cc2ccccc2)C(F)(F)F)cc1)S(=O)(=O)c1ccccc1. The van der Waals surface area contributed by atoms with E-state index in [9.17, 15) is 26.7 Å². The van der Waals surface area contributed by atoms with E-state index >= 15 is 0 Å². The van der Waals surface area contributed by atoms with E-state index in [0.717, 1.165) is 16.4 Å². The molecule has 0 aromatic heterocycles. The molecule has 0 amide bonds. The summed E-state index contributed by atoms with van der Waals surface area (Å²) in [6, 6.07) is 20.3. The van der Waals surface area contributed by atoms with Crippen LogP contribution in [0.2, 0.25) is 0 Å². The summed E-state index contributed by atoms with van der Waals surface area (Å²) in [5.41, 5.74) is -2.98. The number of aliphatic hydroxyl groups is 1. The zero-order valence-electron chi connectivity index (χ0n) is 16.0. The Morgan fingerprint density at radius 2 is 1.33 bits per heavy atom. The molecule has 3 aromatic carbocycles. The van der Waals surface area contributed by atoms with Crippen LogP contribution < -0.4 is 4.31 Å². The number of sulfonamides is 1. The molecule has 0 aliphatic rings. The molecule has 3 rings (SSSR count). The number of hydrogen-bond donors (Lipinski definition) is 1. The molecule has 8 heteroatoms. The van der Waals surface area contributed by atoms with Gasteiger partial charge in [0.2, 0.25) is 0 Å². The Kier molecular flexibility index (Phi) is 5.92. The second-order valence-electron chi connectivity index (χ2n) is 6.85. The summed E-state index contributed by atoms with van der Waals surface area (Å²) in [5, 5.41) is 10.6. The minimum absolute atomic E-state index is 0.0625. The Hall–Kier alpha value is -2.84. The third kappa shape index (κ3) is 4.20. The Morgan fingerprint density at radius 1 is 0.833 bits per heavy atom. The molecule has 1 N–H and O–H groups in total. The lowest BCUT2D eigenvalue weighted by Crippen LogP contribution is -2.44. The molecular weight excluding hydrogens is 415 g/mol. The molecule has 0 fully saturated rings. The van der Waals surface area contributed by atoms with Gasteiger partial charge in [0.25, 0.3) is 10.0 Å². The second-order valence-corrected chi connectivity index (χ2v) is 8.82. The first-order valence-electron chi connectivity index (χ1n) is 9.03. The molecule has 0 radical (unpaired) electrons. The number of alkyl halides is 3. The van der Waals surface area contributed by atoms with Crippen molar-refractivity contribution in [3.8, 4) is 0 Å². The van der Waals surface area contributed by atoms with Crippen LogP contribution in [-0.2, 0) is 22.0 Å². The number of anilines is 1. The fraction of sp³-hybridized carbons (Fsp3) is 0.182. The molecule has 0 spiro atoms. The number of halogens is 3. The van der Waals surface area contributed by atoms with E-state index in [2.05, 4.69) is 0 Å². The summed E-state index contributed by atoms with van der Waals surface area (Å²) < 4.78 is 67.8. The summed E-state index contributed by atoms with van der Waals surface area (Å²) >= 11 is 0. The average molecular weight is 435 g/mol. The molecular formula is C22H20F3NO3S. The molecule has 1 unspecified atom stereocenters. The highest BCUT2D eigenvalue weighted by atomic mass is 32.2. The van der Waals surface area contributed by atoms with E-state index in [1.165, 1.54) is 43.4 Å². The Bertz CT molecular complexity index is 1090. The van der Waals surface area contributed by atoms with Crippen LogP contribution in [0.15, 0.2) is 89.8 Å². The predicted molar refractivity (Wildman–Crippen MR) is 109 cm³/mol. The highest BCUT2D eigenvalue weighted by Crippen LogP contribution is 2.42. The van der Waals surface area contributed by atoms with Crippen molar-refractivity contribution in [2.45, 2.75) is 23.1 Å². The molecule has 0 heterocycles. The summed E-state index contributed by atoms with van der Waals surface area (Å²) in [7, 11) is -2.55. The van der Waals surface area contributed by atoms with Crippen LogP contribution in [0.25, 0.3) is 0 Å². The maximum Gasteiger partial charge on any atom is 0.421 e. The van der Waals surface area contributed by atoms with Crippen LogP contribution in [0.1, 0.15) is 11.1 Å². The minimum atomic E-state index is -4.92. The largest absolute Gasteiger partial charge is 0.421 e. The Labute approximate surface area is 173 Å². The van der Waals surface area contributed by atoms with Crippen LogP contribution >= 0.6 is 0 Å². The van der Waals surface area contributed by atoms with Gasteiger partial charge in [-0.2, -0.15) is 13.2 Å². The summed E-state index contributed by atoms with van der Waals surface area (Å²) in [5.74, 6) is 0. The van der Waals surface area contributed by atoms with E-state index in [0.29, 0.717) is 5.56 Å². The maximum atomic E-state index is 13.8. The monoisotopic (exact) mass is 435 g/mol. The number of nitrogens with zero attached hydrogens (tertiary/aromatic N) is 1. The van der Waals surface area contributed by atoms with Crippen molar-refractivity contribution < 1.29 is 26.7 Å². The summed E-state index contributed by atoms with van der Waals surface area (Å²) in [6.45, 7) is 0. The zero-order valence-corrected chi connectivity index (χ0v) is 16.9. The molecule has 3 aromatic rings. The van der Waals surface area contributed by atoms with Crippen molar-refractivity contribution >= 4 is 15.7 Å². The fourth-order valence-electron chi connectivity index (χ4n) is 3.09. The number of benzene rings is 3. The highest BCUT2D eigenvalue weighted by molar-refractivity contribution is 7.92. The summed E-state index contributed by atoms with van der Waals surface area (Å²) in [4.78, 5) is 0.0625. The lowest BCUT2D eigenvalue weighted by atomic mass is 9.86. The third-order valence-electron chi connectivity index (χ3n) is 4.88. The number of rotatable bonds is 6. The van der Waals surface area contributed by atoms with Gasteiger partial charge in [-0.3, -0.25) is 4.31 Å². The maximum absolute atomic E-state index is 13.8. The van der Waals surface area contributed by atoms with Gasteiger partial charge in [-0.1, -0.05) is 60.7 Å². The molecule has 0 aliphatic heterocycles. The van der Waals surface area contributed by atoms with Crippen molar-refractivity contribution in [1.29, 1.82) is 0 Å². The fourth-order valence-corrected chi connectivity index (χ4v) is 4.31. The zero-order chi connectivity index (χ0) is 22.0. The first kappa shape index (κ1) is 21.9. The van der Waals surface area contributed by atoms with Gasteiger partial charge in [0.15, 0.2) is 5.60 Å². The second kappa shape index (κ2) is 8.12. The molecule has 4 nitrogen and oxygen atoms in total. The lowest BCUT2D eigenvalue weighted by Gasteiger charge is -2.31. The molecule has 158 valence electrons. The van der Waals surface area contributed by atoms with Crippen LogP contribution in [0, 0.1) is 0 Å². The smallest absolute Gasteiger partial charge is 0.376 e. The summed E-state index contributed by atoms with van der Waals surface area (Å²) in [6.07, 6.45) is -5.58. The van der Waals surface area contributed by atoms with Crippen LogP contribution in [0.4, 0.5) is 18.9 Å². The van der Waals surface area contributed by atoms with Crippen molar-refractivity contribution in [2.24, 2.45) is 0 Å². The molecule has 0 bridgehead atoms. The molecule has 1 atom stereocenters. The van der Waals surface area contributed by atoms with E-state index in [1.807, 2.05) is 0 Å². The first-order chi connectivity index (χ1) is 14.1.